The third-order valence-electron chi connectivity index (χ3n) is 1.02. The van der Waals surface area contributed by atoms with Gasteiger partial charge >= 0.3 is 0 Å². The van der Waals surface area contributed by atoms with Crippen molar-refractivity contribution in [3.63, 3.8) is 0 Å². The molecule has 0 aromatic heterocycles. The summed E-state index contributed by atoms with van der Waals surface area (Å²) >= 11 is 0. The molecule has 0 aliphatic carbocycles. The fraction of sp³-hybridized carbons (Fsp3) is 1.00. The maximum atomic E-state index is 4.85. The lowest BCUT2D eigenvalue weighted by molar-refractivity contribution is 0.0881. The number of nitrogens with one attached hydrogen (secondary N) is 1. The van der Waals surface area contributed by atoms with E-state index in [0.717, 1.165) is 26.0 Å². The molecule has 0 unspecified atom stereocenters. The van der Waals surface area contributed by atoms with E-state index in [-0.39, 0.29) is 0 Å². The fourth-order valence-electron chi connectivity index (χ4n) is 0.546. The van der Waals surface area contributed by atoms with Crippen LogP contribution in [0.2, 0.25) is 0 Å². The van der Waals surface area contributed by atoms with E-state index in [9.17, 15) is 0 Å². The molecule has 0 spiro atoms. The van der Waals surface area contributed by atoms with Crippen molar-refractivity contribution in [2.75, 3.05) is 27.4 Å². The highest BCUT2D eigenvalue weighted by Gasteiger charge is 1.84. The third-order valence-corrected chi connectivity index (χ3v) is 1.02. The van der Waals surface area contributed by atoms with E-state index in [1.54, 1.807) is 14.2 Å². The van der Waals surface area contributed by atoms with Crippen molar-refractivity contribution in [1.29, 1.82) is 0 Å². The highest BCUT2D eigenvalue weighted by Crippen LogP contribution is 1.85. The van der Waals surface area contributed by atoms with Gasteiger partial charge in [0.05, 0.1) is 7.11 Å². The van der Waals surface area contributed by atoms with Crippen molar-refractivity contribution in [2.24, 2.45) is 0 Å². The van der Waals surface area contributed by atoms with E-state index in [4.69, 9.17) is 4.74 Å². The van der Waals surface area contributed by atoms with Gasteiger partial charge in [0.15, 0.2) is 0 Å². The van der Waals surface area contributed by atoms with Crippen LogP contribution in [0.3, 0.4) is 0 Å². The standard InChI is InChI=1S/C6H15NO2/c1-8-6-4-3-5-7-9-2/h7H,3-6H2,1-2H3. The molecule has 0 aliphatic heterocycles. The maximum absolute atomic E-state index is 4.85. The van der Waals surface area contributed by atoms with Crippen molar-refractivity contribution in [3.8, 4) is 0 Å². The Bertz CT molecular complexity index is 44.3. The summed E-state index contributed by atoms with van der Waals surface area (Å²) in [5, 5.41) is 0. The van der Waals surface area contributed by atoms with Gasteiger partial charge in [0, 0.05) is 20.3 Å². The van der Waals surface area contributed by atoms with Gasteiger partial charge in [0.25, 0.3) is 0 Å². The highest BCUT2D eigenvalue weighted by atomic mass is 16.6. The number of ether oxygens (including phenoxy) is 1. The van der Waals surface area contributed by atoms with Crippen LogP contribution in [0, 0.1) is 0 Å². The van der Waals surface area contributed by atoms with Gasteiger partial charge in [-0.25, -0.2) is 5.48 Å². The molecule has 0 aliphatic rings. The second kappa shape index (κ2) is 7.88. The topological polar surface area (TPSA) is 30.5 Å². The summed E-state index contributed by atoms with van der Waals surface area (Å²) < 4.78 is 4.85. The van der Waals surface area contributed by atoms with Crippen LogP contribution in [0.15, 0.2) is 0 Å². The van der Waals surface area contributed by atoms with Crippen molar-refractivity contribution >= 4 is 0 Å². The van der Waals surface area contributed by atoms with E-state index in [2.05, 4.69) is 10.3 Å². The van der Waals surface area contributed by atoms with Crippen molar-refractivity contribution < 1.29 is 9.57 Å². The Labute approximate surface area is 56.3 Å². The Morgan fingerprint density at radius 3 is 2.56 bits per heavy atom. The maximum Gasteiger partial charge on any atom is 0.0572 e. The average Bonchev–Trinajstić information content (AvgIpc) is 1.89. The summed E-state index contributed by atoms with van der Waals surface area (Å²) in [7, 11) is 3.33. The number of hydroxylamine groups is 1. The normalized spacial score (nSPS) is 10.0. The van der Waals surface area contributed by atoms with E-state index in [0.29, 0.717) is 0 Å². The molecule has 0 fully saturated rings. The van der Waals surface area contributed by atoms with Crippen molar-refractivity contribution in [2.45, 2.75) is 12.8 Å². The first-order valence-corrected chi connectivity index (χ1v) is 3.16. The third kappa shape index (κ3) is 7.88. The van der Waals surface area contributed by atoms with E-state index in [1.807, 2.05) is 0 Å². The van der Waals surface area contributed by atoms with Crippen LogP contribution in [0.25, 0.3) is 0 Å². The van der Waals surface area contributed by atoms with E-state index >= 15 is 0 Å². The molecule has 0 amide bonds. The van der Waals surface area contributed by atoms with Crippen LogP contribution in [0.4, 0.5) is 0 Å². The van der Waals surface area contributed by atoms with Gasteiger partial charge in [0.1, 0.15) is 0 Å². The molecule has 0 aromatic carbocycles. The Hall–Kier alpha value is -0.120. The van der Waals surface area contributed by atoms with Crippen LogP contribution < -0.4 is 5.48 Å². The van der Waals surface area contributed by atoms with Gasteiger partial charge in [0.2, 0.25) is 0 Å². The Morgan fingerprint density at radius 2 is 2.00 bits per heavy atom. The summed E-state index contributed by atoms with van der Waals surface area (Å²) in [6.45, 7) is 1.74. The summed E-state index contributed by atoms with van der Waals surface area (Å²) in [5.74, 6) is 0. The molecule has 3 heteroatoms. The Balaban J connectivity index is 2.60. The monoisotopic (exact) mass is 133 g/mol. The number of hydrogen-bond donors (Lipinski definition) is 1. The largest absolute Gasteiger partial charge is 0.385 e. The molecule has 0 rings (SSSR count). The first kappa shape index (κ1) is 8.88. The lowest BCUT2D eigenvalue weighted by atomic mass is 10.3. The molecular formula is C6H15NO2. The molecule has 3 nitrogen and oxygen atoms in total. The molecule has 0 atom stereocenters. The number of rotatable bonds is 6. The van der Waals surface area contributed by atoms with Crippen molar-refractivity contribution in [1.82, 2.24) is 5.48 Å². The summed E-state index contributed by atoms with van der Waals surface area (Å²) in [6, 6.07) is 0. The minimum Gasteiger partial charge on any atom is -0.385 e. The predicted molar refractivity (Wildman–Crippen MR) is 36.1 cm³/mol. The van der Waals surface area contributed by atoms with Gasteiger partial charge in [-0.1, -0.05) is 0 Å². The number of hydrogen-bond acceptors (Lipinski definition) is 3. The first-order valence-electron chi connectivity index (χ1n) is 3.16. The summed E-state index contributed by atoms with van der Waals surface area (Å²) in [6.07, 6.45) is 2.19. The SMILES string of the molecule is COCCCCNOC. The molecule has 56 valence electrons. The van der Waals surface area contributed by atoms with E-state index in [1.165, 1.54) is 0 Å². The molecule has 0 saturated heterocycles. The molecular weight excluding hydrogens is 118 g/mol. The zero-order valence-corrected chi connectivity index (χ0v) is 6.14. The fourth-order valence-corrected chi connectivity index (χ4v) is 0.546. The molecule has 0 radical (unpaired) electrons. The quantitative estimate of drug-likeness (QED) is 0.424. The van der Waals surface area contributed by atoms with Gasteiger partial charge in [-0.3, -0.25) is 0 Å². The highest BCUT2D eigenvalue weighted by molar-refractivity contribution is 4.38. The van der Waals surface area contributed by atoms with Crippen LogP contribution in [-0.4, -0.2) is 27.4 Å². The lowest BCUT2D eigenvalue weighted by Crippen LogP contribution is -2.13. The van der Waals surface area contributed by atoms with Crippen LogP contribution >= 0.6 is 0 Å². The van der Waals surface area contributed by atoms with Crippen LogP contribution in [-0.2, 0) is 9.57 Å². The van der Waals surface area contributed by atoms with Gasteiger partial charge in [-0.15, -0.1) is 0 Å². The van der Waals surface area contributed by atoms with Crippen LogP contribution in [0.1, 0.15) is 12.8 Å². The van der Waals surface area contributed by atoms with Gasteiger partial charge < -0.3 is 9.57 Å². The second-order valence-corrected chi connectivity index (χ2v) is 1.80. The Morgan fingerprint density at radius 1 is 1.22 bits per heavy atom. The smallest absolute Gasteiger partial charge is 0.0572 e. The molecule has 0 aromatic rings. The zero-order valence-electron chi connectivity index (χ0n) is 6.14. The summed E-state index contributed by atoms with van der Waals surface area (Å²) in [5.41, 5.74) is 2.75. The molecule has 0 bridgehead atoms. The van der Waals surface area contributed by atoms with E-state index < -0.39 is 0 Å². The van der Waals surface area contributed by atoms with Gasteiger partial charge in [-0.05, 0) is 12.8 Å². The van der Waals surface area contributed by atoms with Crippen molar-refractivity contribution in [3.05, 3.63) is 0 Å². The number of unbranched alkanes of at least 4 members (excludes halogenated alkanes) is 1. The predicted octanol–water partition coefficient (Wildman–Crippen LogP) is 0.564. The molecule has 1 N–H and O–H groups in total. The average molecular weight is 133 g/mol. The minimum absolute atomic E-state index is 0.839. The Kier molecular flexibility index (Phi) is 7.77. The summed E-state index contributed by atoms with van der Waals surface area (Å²) in [4.78, 5) is 4.63. The number of methoxy groups -OCH3 is 1. The van der Waals surface area contributed by atoms with Crippen LogP contribution in [0.5, 0.6) is 0 Å². The lowest BCUT2D eigenvalue weighted by Gasteiger charge is -1.99. The molecule has 9 heavy (non-hydrogen) atoms. The van der Waals surface area contributed by atoms with Gasteiger partial charge in [-0.2, -0.15) is 0 Å². The zero-order chi connectivity index (χ0) is 6.95. The minimum atomic E-state index is 0.839. The molecule has 0 saturated carbocycles. The molecule has 0 heterocycles. The first-order chi connectivity index (χ1) is 4.41. The second-order valence-electron chi connectivity index (χ2n) is 1.80.